The van der Waals surface area contributed by atoms with Crippen LogP contribution in [0.1, 0.15) is 0 Å². The molecule has 1 heterocycles. The Hall–Kier alpha value is -2.47. The fourth-order valence-corrected chi connectivity index (χ4v) is 2.67. The highest BCUT2D eigenvalue weighted by molar-refractivity contribution is 7.03. The Balaban J connectivity index is 2.20. The molecule has 0 spiro atoms. The van der Waals surface area contributed by atoms with Gasteiger partial charge in [-0.15, -0.1) is 0 Å². The first kappa shape index (κ1) is 12.6. The number of rotatable bonds is 2. The molecule has 0 aliphatic carbocycles. The van der Waals surface area contributed by atoms with E-state index in [2.05, 4.69) is 0 Å². The smallest absolute Gasteiger partial charge is 0.255 e. The highest BCUT2D eigenvalue weighted by Gasteiger charge is 2.13. The van der Waals surface area contributed by atoms with Gasteiger partial charge in [0.2, 0.25) is 0 Å². The Kier molecular flexibility index (Phi) is 3.08. The third-order valence-electron chi connectivity index (χ3n) is 2.79. The number of halogens is 1. The Morgan fingerprint density at radius 3 is 2.15 bits per heavy atom. The summed E-state index contributed by atoms with van der Waals surface area (Å²) in [5.41, 5.74) is 0.519. The van der Waals surface area contributed by atoms with Gasteiger partial charge in [0.05, 0.1) is 11.4 Å². The fraction of sp³-hybridized carbons (Fsp3) is 0. The summed E-state index contributed by atoms with van der Waals surface area (Å²) in [5, 5.41) is 0. The monoisotopic (exact) mass is 288 g/mol. The van der Waals surface area contributed by atoms with Crippen LogP contribution in [0.15, 0.2) is 64.2 Å². The van der Waals surface area contributed by atoms with Crippen LogP contribution in [0.2, 0.25) is 0 Å². The molecule has 0 unspecified atom stereocenters. The minimum Gasteiger partial charge on any atom is -0.255 e. The van der Waals surface area contributed by atoms with Gasteiger partial charge in [-0.2, -0.15) is 0 Å². The second-order valence-electron chi connectivity index (χ2n) is 4.08. The maximum Gasteiger partial charge on any atom is 0.350 e. The molecule has 0 aliphatic rings. The Bertz CT molecular complexity index is 847. The first-order chi connectivity index (χ1) is 9.66. The van der Waals surface area contributed by atoms with Crippen molar-refractivity contribution in [3.8, 4) is 11.4 Å². The molecule has 1 aromatic heterocycles. The summed E-state index contributed by atoms with van der Waals surface area (Å²) in [4.78, 5) is 23.9. The van der Waals surface area contributed by atoms with Gasteiger partial charge in [-0.25, -0.2) is 17.7 Å². The molecule has 0 bridgehead atoms. The molecule has 0 amide bonds. The molecule has 0 saturated carbocycles. The summed E-state index contributed by atoms with van der Waals surface area (Å²) in [6.45, 7) is 0. The first-order valence-corrected chi connectivity index (χ1v) is 6.61. The highest BCUT2D eigenvalue weighted by Crippen LogP contribution is 2.09. The zero-order valence-corrected chi connectivity index (χ0v) is 11.0. The molecule has 20 heavy (non-hydrogen) atoms. The lowest BCUT2D eigenvalue weighted by atomic mass is 10.3. The number of para-hydroxylation sites is 1. The third-order valence-corrected chi connectivity index (χ3v) is 3.68. The molecule has 0 aliphatic heterocycles. The van der Waals surface area contributed by atoms with E-state index in [1.54, 1.807) is 24.3 Å². The lowest BCUT2D eigenvalue weighted by Gasteiger charge is -2.00. The van der Waals surface area contributed by atoms with E-state index in [0.717, 1.165) is 16.1 Å². The predicted molar refractivity (Wildman–Crippen MR) is 75.5 cm³/mol. The average molecular weight is 288 g/mol. The van der Waals surface area contributed by atoms with Crippen molar-refractivity contribution < 1.29 is 4.39 Å². The first-order valence-electron chi connectivity index (χ1n) is 5.83. The van der Waals surface area contributed by atoms with Crippen LogP contribution >= 0.6 is 11.5 Å². The van der Waals surface area contributed by atoms with Gasteiger partial charge < -0.3 is 0 Å². The van der Waals surface area contributed by atoms with E-state index in [1.807, 2.05) is 6.07 Å². The van der Waals surface area contributed by atoms with Gasteiger partial charge in [-0.05, 0) is 36.4 Å². The molecular formula is C14H9FN2O2S. The molecule has 3 aromatic rings. The second-order valence-corrected chi connectivity index (χ2v) is 4.98. The van der Waals surface area contributed by atoms with Crippen LogP contribution in [0.4, 0.5) is 4.39 Å². The topological polar surface area (TPSA) is 44.0 Å². The summed E-state index contributed by atoms with van der Waals surface area (Å²) in [6.07, 6.45) is 0. The van der Waals surface area contributed by atoms with Crippen molar-refractivity contribution in [2.45, 2.75) is 0 Å². The zero-order valence-electron chi connectivity index (χ0n) is 10.2. The van der Waals surface area contributed by atoms with Gasteiger partial charge >= 0.3 is 10.6 Å². The van der Waals surface area contributed by atoms with Gasteiger partial charge in [0.15, 0.2) is 0 Å². The van der Waals surface area contributed by atoms with E-state index >= 15 is 0 Å². The van der Waals surface area contributed by atoms with Gasteiger partial charge in [0.1, 0.15) is 5.82 Å². The highest BCUT2D eigenvalue weighted by atomic mass is 32.1. The van der Waals surface area contributed by atoms with Crippen molar-refractivity contribution in [1.29, 1.82) is 0 Å². The van der Waals surface area contributed by atoms with E-state index < -0.39 is 16.4 Å². The maximum absolute atomic E-state index is 12.9. The normalized spacial score (nSPS) is 10.7. The van der Waals surface area contributed by atoms with Crippen molar-refractivity contribution in [3.63, 3.8) is 0 Å². The van der Waals surface area contributed by atoms with Crippen LogP contribution < -0.4 is 10.6 Å². The van der Waals surface area contributed by atoms with Crippen LogP contribution in [0.25, 0.3) is 11.4 Å². The number of hydrogen-bond donors (Lipinski definition) is 0. The van der Waals surface area contributed by atoms with Gasteiger partial charge in [-0.1, -0.05) is 18.2 Å². The molecule has 0 fully saturated rings. The minimum atomic E-state index is -0.460. The molecule has 6 heteroatoms. The number of hydrogen-bond acceptors (Lipinski definition) is 3. The molecule has 4 nitrogen and oxygen atoms in total. The maximum atomic E-state index is 12.9. The van der Waals surface area contributed by atoms with E-state index in [-0.39, 0.29) is 0 Å². The average Bonchev–Trinajstić information content (AvgIpc) is 2.76. The summed E-state index contributed by atoms with van der Waals surface area (Å²) in [6, 6.07) is 14.1. The minimum absolute atomic E-state index is 0.354. The Morgan fingerprint density at radius 2 is 1.50 bits per heavy atom. The summed E-state index contributed by atoms with van der Waals surface area (Å²) in [7, 11) is 0. The van der Waals surface area contributed by atoms with Crippen molar-refractivity contribution in [2.24, 2.45) is 0 Å². The van der Waals surface area contributed by atoms with Crippen LogP contribution in [-0.4, -0.2) is 8.52 Å². The molecule has 0 radical (unpaired) electrons. The van der Waals surface area contributed by atoms with Crippen molar-refractivity contribution >= 4 is 11.5 Å². The molecule has 3 rings (SSSR count). The largest absolute Gasteiger partial charge is 0.350 e. The predicted octanol–water partition coefficient (Wildman–Crippen LogP) is 2.19. The van der Waals surface area contributed by atoms with E-state index in [4.69, 9.17) is 0 Å². The molecule has 0 N–H and O–H groups in total. The van der Waals surface area contributed by atoms with Crippen LogP contribution in [0.3, 0.4) is 0 Å². The quantitative estimate of drug-likeness (QED) is 0.725. The second kappa shape index (κ2) is 4.90. The number of benzene rings is 2. The van der Waals surface area contributed by atoms with Crippen molar-refractivity contribution in [3.05, 3.63) is 80.6 Å². The van der Waals surface area contributed by atoms with Gasteiger partial charge in [0, 0.05) is 11.5 Å². The van der Waals surface area contributed by atoms with Crippen LogP contribution in [0, 0.1) is 5.82 Å². The van der Waals surface area contributed by atoms with E-state index in [0.29, 0.717) is 11.4 Å². The standard InChI is InChI=1S/C14H9FN2O2S/c15-10-6-8-11(9-7-10)16-13(18)17(20-14(16)19)12-4-2-1-3-5-12/h1-9H. The Labute approximate surface area is 117 Å². The molecule has 0 saturated heterocycles. The summed E-state index contributed by atoms with van der Waals surface area (Å²) < 4.78 is 15.2. The van der Waals surface area contributed by atoms with Gasteiger partial charge in [0.25, 0.3) is 0 Å². The van der Waals surface area contributed by atoms with E-state index in [1.165, 1.54) is 28.2 Å². The molecule has 100 valence electrons. The van der Waals surface area contributed by atoms with Crippen LogP contribution in [0.5, 0.6) is 0 Å². The molecule has 2 aromatic carbocycles. The van der Waals surface area contributed by atoms with Gasteiger partial charge in [-0.3, -0.25) is 4.79 Å². The third kappa shape index (κ3) is 2.10. The lowest BCUT2D eigenvalue weighted by Crippen LogP contribution is -2.26. The van der Waals surface area contributed by atoms with Crippen LogP contribution in [-0.2, 0) is 0 Å². The summed E-state index contributed by atoms with van der Waals surface area (Å²) >= 11 is 0.811. The van der Waals surface area contributed by atoms with E-state index in [9.17, 15) is 14.0 Å². The molecule has 0 atom stereocenters. The summed E-state index contributed by atoms with van der Waals surface area (Å²) in [5.74, 6) is -0.416. The zero-order chi connectivity index (χ0) is 14.1. The number of nitrogens with zero attached hydrogens (tertiary/aromatic N) is 2. The van der Waals surface area contributed by atoms with Crippen molar-refractivity contribution in [1.82, 2.24) is 8.52 Å². The molecular weight excluding hydrogens is 279 g/mol. The lowest BCUT2D eigenvalue weighted by molar-refractivity contribution is 0.627. The SMILES string of the molecule is O=c1sn(-c2ccccc2)c(=O)n1-c1ccc(F)cc1. The number of aromatic nitrogens is 2. The fourth-order valence-electron chi connectivity index (χ4n) is 1.86. The Morgan fingerprint density at radius 1 is 0.850 bits per heavy atom. The van der Waals surface area contributed by atoms with Crippen molar-refractivity contribution in [2.75, 3.05) is 0 Å².